The lowest BCUT2D eigenvalue weighted by Gasteiger charge is -2.14. The van der Waals surface area contributed by atoms with Crippen LogP contribution in [0.25, 0.3) is 10.8 Å². The number of ether oxygens (including phenoxy) is 2. The van der Waals surface area contributed by atoms with Crippen molar-refractivity contribution in [1.29, 1.82) is 0 Å². The number of azo groups is 2. The molecule has 0 fully saturated rings. The second-order valence-electron chi connectivity index (χ2n) is 10.3. The third-order valence-electron chi connectivity index (χ3n) is 6.71. The Labute approximate surface area is 331 Å². The maximum atomic E-state index is 12.6. The van der Waals surface area contributed by atoms with Crippen molar-refractivity contribution in [2.24, 2.45) is 20.5 Å². The Balaban J connectivity index is 0.00000870. The minimum atomic E-state index is -5.28. The third-order valence-corrected chi connectivity index (χ3v) is 11.3. The number of fused-ring (bicyclic) bond motifs is 1. The lowest BCUT2D eigenvalue weighted by molar-refractivity contribution is -0.432. The first kappa shape index (κ1) is 46.6. The van der Waals surface area contributed by atoms with Gasteiger partial charge in [-0.2, -0.15) is 30.4 Å². The highest BCUT2D eigenvalue weighted by molar-refractivity contribution is 7.94. The van der Waals surface area contributed by atoms with Gasteiger partial charge in [0.15, 0.2) is 15.6 Å². The number of thiocarbonyl (C=S) groups is 1. The van der Waals surface area contributed by atoms with Crippen LogP contribution < -0.4 is 10.5 Å². The molecule has 24 nitrogen and oxygen atoms in total. The number of hydrogen-bond acceptors (Lipinski definition) is 22. The van der Waals surface area contributed by atoms with E-state index < -0.39 is 95.1 Å². The van der Waals surface area contributed by atoms with E-state index in [9.17, 15) is 47.9 Å². The van der Waals surface area contributed by atoms with Crippen molar-refractivity contribution in [2.75, 3.05) is 25.2 Å². The summed E-state index contributed by atoms with van der Waals surface area (Å²) in [4.78, 5) is -2.87. The van der Waals surface area contributed by atoms with E-state index in [4.69, 9.17) is 25.0 Å². The van der Waals surface area contributed by atoms with Gasteiger partial charge in [0.05, 0.1) is 51.0 Å². The first-order chi connectivity index (χ1) is 26.1. The molecule has 57 heavy (non-hydrogen) atoms. The summed E-state index contributed by atoms with van der Waals surface area (Å²) in [6.45, 7) is -0.254. The van der Waals surface area contributed by atoms with Crippen molar-refractivity contribution in [1.82, 2.24) is 0 Å². The molecule has 0 amide bonds. The van der Waals surface area contributed by atoms with E-state index in [-0.39, 0.29) is 51.5 Å². The molecule has 30 heteroatoms. The highest BCUT2D eigenvalue weighted by Gasteiger charge is 2.27. The number of nitrogen functional groups attached to an aromatic ring is 1. The average Bonchev–Trinajstić information content (AvgIpc) is 3.11. The number of nitrogens with two attached hydrogens (primary N) is 1. The van der Waals surface area contributed by atoms with Crippen LogP contribution in [0.5, 0.6) is 11.5 Å². The van der Waals surface area contributed by atoms with Gasteiger partial charge in [-0.05, 0) is 72.2 Å². The van der Waals surface area contributed by atoms with Crippen molar-refractivity contribution in [2.45, 2.75) is 19.6 Å². The second-order valence-corrected chi connectivity index (χ2v) is 17.2. The Kier molecular flexibility index (Phi) is 15.3. The van der Waals surface area contributed by atoms with Crippen LogP contribution in [0.15, 0.2) is 101 Å². The smallest absolute Gasteiger partial charge is 0.449 e. The molecule has 0 radical (unpaired) electrons. The van der Waals surface area contributed by atoms with Gasteiger partial charge in [-0.1, -0.05) is 5.04 Å². The number of hydrogen-bond donors (Lipinski definition) is 6. The van der Waals surface area contributed by atoms with Crippen LogP contribution in [0, 0.1) is 0 Å². The van der Waals surface area contributed by atoms with E-state index in [0.717, 1.165) is 24.3 Å². The van der Waals surface area contributed by atoms with Crippen LogP contribution >= 0.6 is 24.3 Å². The van der Waals surface area contributed by atoms with Crippen LogP contribution in [0.1, 0.15) is 0 Å². The molecule has 0 aliphatic rings. The molecular weight excluding hydrogens is 891 g/mol. The fourth-order valence-corrected chi connectivity index (χ4v) is 7.85. The van der Waals surface area contributed by atoms with Gasteiger partial charge in [0.1, 0.15) is 32.6 Å². The summed E-state index contributed by atoms with van der Waals surface area (Å²) in [6, 6.07) is 9.19. The highest BCUT2D eigenvalue weighted by Crippen LogP contribution is 2.49. The number of benzene rings is 4. The molecule has 4 aromatic rings. The van der Waals surface area contributed by atoms with Gasteiger partial charge in [0.2, 0.25) is 0 Å². The molecule has 0 saturated carbocycles. The minimum absolute atomic E-state index is 0. The second kappa shape index (κ2) is 18.7. The van der Waals surface area contributed by atoms with Crippen molar-refractivity contribution in [3.63, 3.8) is 0 Å². The van der Waals surface area contributed by atoms with Gasteiger partial charge in [0, 0.05) is 12.1 Å². The van der Waals surface area contributed by atoms with Gasteiger partial charge < -0.3 is 30.0 Å². The number of sulfone groups is 1. The maximum absolute atomic E-state index is 12.6. The Morgan fingerprint density at radius 1 is 0.860 bits per heavy atom. The topological polar surface area (TPSA) is 391 Å². The molecule has 0 saturated heterocycles. The molecule has 0 aliphatic carbocycles. The lowest BCUT2D eigenvalue weighted by Crippen LogP contribution is -2.12. The number of nitrogens with zero attached hydrogens (tertiary/aromatic N) is 4. The van der Waals surface area contributed by atoms with Crippen molar-refractivity contribution >= 4 is 109 Å². The maximum Gasteiger partial charge on any atom is 0.449 e. The average molecular weight is 916 g/mol. The van der Waals surface area contributed by atoms with Gasteiger partial charge in [-0.25, -0.2) is 13.7 Å². The van der Waals surface area contributed by atoms with Crippen LogP contribution in [0.3, 0.4) is 0 Å². The zero-order chi connectivity index (χ0) is 41.6. The fraction of sp³-hybridized carbons (Fsp3) is 0.111. The van der Waals surface area contributed by atoms with Crippen LogP contribution in [0.2, 0.25) is 0 Å². The number of methoxy groups -OCH3 is 1. The van der Waals surface area contributed by atoms with Crippen molar-refractivity contribution in [3.8, 4) is 11.5 Å². The Morgan fingerprint density at radius 3 is 2.05 bits per heavy atom. The minimum Gasteiger partial charge on any atom is -0.505 e. The number of phenolic OH excluding ortho intramolecular Hbond substituents is 1. The van der Waals surface area contributed by atoms with Crippen molar-refractivity contribution in [3.05, 3.63) is 60.5 Å². The predicted octanol–water partition coefficient (Wildman–Crippen LogP) is 4.11. The summed E-state index contributed by atoms with van der Waals surface area (Å²) < 4.78 is 144. The van der Waals surface area contributed by atoms with Gasteiger partial charge >= 0.3 is 16.3 Å². The summed E-state index contributed by atoms with van der Waals surface area (Å²) in [5.74, 6) is -2.59. The van der Waals surface area contributed by atoms with E-state index in [1.807, 2.05) is 5.02 Å². The molecule has 308 valence electrons. The largest absolute Gasteiger partial charge is 0.505 e. The third kappa shape index (κ3) is 11.9. The SMILES string of the molecule is COCCS(=O)(=O)c1ccc(N=Nc2c(S(=O)(=O)O)cc3cc(SOOO)c(N=Nc4ccc(OC(=C=S)OS(=O)(=O)O)cc4)c(N)c3c2O)c(S(=O)(=O)O)c1.O. The summed E-state index contributed by atoms with van der Waals surface area (Å²) in [5.41, 5.74) is 3.89. The molecule has 9 N–H and O–H groups in total. The number of rotatable bonds is 17. The number of aromatic hydroxyl groups is 1. The number of anilines is 1. The molecule has 0 aromatic heterocycles. The highest BCUT2D eigenvalue weighted by atomic mass is 32.3. The van der Waals surface area contributed by atoms with Gasteiger partial charge in [-0.15, -0.1) is 19.7 Å². The van der Waals surface area contributed by atoms with Crippen LogP contribution in [-0.4, -0.2) is 87.7 Å². The molecule has 0 heterocycles. The van der Waals surface area contributed by atoms with Crippen LogP contribution in [-0.2, 0) is 58.8 Å². The molecule has 0 atom stereocenters. The van der Waals surface area contributed by atoms with E-state index >= 15 is 0 Å². The van der Waals surface area contributed by atoms with Gasteiger partial charge in [-0.3, -0.25) is 13.7 Å². The summed E-state index contributed by atoms with van der Waals surface area (Å²) in [5, 5.41) is 40.2. The summed E-state index contributed by atoms with van der Waals surface area (Å²) in [6.07, 6.45) is 0. The van der Waals surface area contributed by atoms with Gasteiger partial charge in [0.25, 0.3) is 20.2 Å². The molecule has 0 unspecified atom stereocenters. The van der Waals surface area contributed by atoms with Crippen molar-refractivity contribution < 1.29 is 86.2 Å². The first-order valence-electron chi connectivity index (χ1n) is 14.2. The quantitative estimate of drug-likeness (QED) is 0.0127. The normalized spacial score (nSPS) is 12.4. The van der Waals surface area contributed by atoms with E-state index in [0.29, 0.717) is 6.07 Å². The molecule has 0 spiro atoms. The van der Waals surface area contributed by atoms with E-state index in [2.05, 4.69) is 46.2 Å². The molecule has 4 rings (SSSR count). The lowest BCUT2D eigenvalue weighted by atomic mass is 10.1. The Hall–Kier alpha value is -4.76. The molecule has 0 aliphatic heterocycles. The standard InChI is InChI=1S/C27H23N5O18S6.H2O/c1-46-8-9-53(35,36)17-6-7-18(20(12-17)54(37,38)39)30-32-26-21(55(40,41)42)11-14-10-19(52-50-49-34)25(24(28)23(14)27(26)33)31-29-15-2-4-16(5-3-15)47-22(13-51)48-56(43,44)45;/h2-7,10-12,33-34H,8-9,28H2,1H3,(H,37,38,39)(H,40,41,42)(H,43,44,45);1H2. The Morgan fingerprint density at radius 2 is 1.49 bits per heavy atom. The van der Waals surface area contributed by atoms with Crippen LogP contribution in [0.4, 0.5) is 28.4 Å². The summed E-state index contributed by atoms with van der Waals surface area (Å²) >= 11 is 4.73. The first-order valence-corrected chi connectivity index (χ1v) is 21.3. The Bertz CT molecular complexity index is 2740. The van der Waals surface area contributed by atoms with E-state index in [1.165, 1.54) is 31.4 Å². The molecule has 0 bridgehead atoms. The zero-order valence-electron chi connectivity index (χ0n) is 28.0. The molecule has 4 aromatic carbocycles. The monoisotopic (exact) mass is 915 g/mol. The summed E-state index contributed by atoms with van der Waals surface area (Å²) in [7, 11) is -18.4. The van der Waals surface area contributed by atoms with E-state index in [1.54, 1.807) is 0 Å². The zero-order valence-corrected chi connectivity index (χ0v) is 32.9. The molecular formula is C27H25N5O19S6. The fourth-order valence-electron chi connectivity index (χ4n) is 4.36. The predicted molar refractivity (Wildman–Crippen MR) is 198 cm³/mol. The number of phenols is 1.